The smallest absolute Gasteiger partial charge is 0.228 e. The Morgan fingerprint density at radius 1 is 1.83 bits per heavy atom. The largest absolute Gasteiger partial charge is 0.367 e. The third-order valence-electron chi connectivity index (χ3n) is 0.247. The molecule has 0 aliphatic heterocycles. The van der Waals surface area contributed by atoms with Crippen LogP contribution in [-0.2, 0) is 0 Å². The van der Waals surface area contributed by atoms with Crippen LogP contribution in [0.4, 0.5) is 0 Å². The summed E-state index contributed by atoms with van der Waals surface area (Å²) in [4.78, 5) is 0. The number of nitrogens with two attached hydrogens (primary N) is 2. The molecule has 0 amide bonds. The summed E-state index contributed by atoms with van der Waals surface area (Å²) in [5.74, 6) is 3.90. The number of hydrazine groups is 1. The molecule has 0 heterocycles. The molecule has 0 aromatic rings. The third kappa shape index (κ3) is 1.50. The van der Waals surface area contributed by atoms with Crippen molar-refractivity contribution in [2.24, 2.45) is 11.6 Å². The van der Waals surface area contributed by atoms with Crippen LogP contribution in [0.3, 0.4) is 0 Å². The normalized spacial score (nSPS) is 7.67. The molecule has 5 heteroatoms. The topological polar surface area (TPSA) is 99.4 Å². The SMILES string of the molecule is N=C(N)N(N)O. The summed E-state index contributed by atoms with van der Waals surface area (Å²) in [6.45, 7) is 0. The highest BCUT2D eigenvalue weighted by Crippen LogP contribution is 1.54. The van der Waals surface area contributed by atoms with Gasteiger partial charge in [-0.2, -0.15) is 5.17 Å². The average molecular weight is 90.1 g/mol. The molecule has 6 heavy (non-hydrogen) atoms. The fraction of sp³-hybridized carbons (Fsp3) is 0. The number of hydrogen-bond acceptors (Lipinski definition) is 3. The zero-order chi connectivity index (χ0) is 5.15. The number of hydrogen-bond donors (Lipinski definition) is 4. The second kappa shape index (κ2) is 1.58. The van der Waals surface area contributed by atoms with E-state index in [-0.39, 0.29) is 5.17 Å². The molecule has 0 radical (unpaired) electrons. The maximum absolute atomic E-state index is 7.89. The van der Waals surface area contributed by atoms with E-state index in [2.05, 4.69) is 11.6 Å². The summed E-state index contributed by atoms with van der Waals surface area (Å²) in [5.41, 5.74) is 4.57. The lowest BCUT2D eigenvalue weighted by molar-refractivity contribution is -0.0181. The van der Waals surface area contributed by atoms with Crippen LogP contribution < -0.4 is 11.6 Å². The van der Waals surface area contributed by atoms with Crippen molar-refractivity contribution in [3.05, 3.63) is 0 Å². The lowest BCUT2D eigenvalue weighted by Gasteiger charge is -2.02. The molecule has 36 valence electrons. The molecule has 6 N–H and O–H groups in total. The van der Waals surface area contributed by atoms with Gasteiger partial charge in [0.1, 0.15) is 0 Å². The molecule has 0 bridgehead atoms. The Labute approximate surface area is 34.6 Å². The molecular formula is CH6N4O. The number of nitrogens with zero attached hydrogens (tertiary/aromatic N) is 1. The quantitative estimate of drug-likeness (QED) is 0.125. The molecule has 0 aromatic carbocycles. The van der Waals surface area contributed by atoms with Gasteiger partial charge in [0.2, 0.25) is 5.96 Å². The van der Waals surface area contributed by atoms with Crippen LogP contribution in [0.1, 0.15) is 0 Å². The van der Waals surface area contributed by atoms with Crippen LogP contribution in [0, 0.1) is 5.41 Å². The molecule has 0 aromatic heterocycles. The molecular weight excluding hydrogens is 84.0 g/mol. The van der Waals surface area contributed by atoms with E-state index < -0.39 is 5.96 Å². The van der Waals surface area contributed by atoms with E-state index in [4.69, 9.17) is 10.6 Å². The second-order valence-corrected chi connectivity index (χ2v) is 0.730. The first-order chi connectivity index (χ1) is 2.64. The Bertz CT molecular complexity index is 58.6. The van der Waals surface area contributed by atoms with E-state index in [1.807, 2.05) is 0 Å². The number of hydroxylamine groups is 1. The van der Waals surface area contributed by atoms with Gasteiger partial charge in [-0.05, 0) is 0 Å². The maximum Gasteiger partial charge on any atom is 0.228 e. The summed E-state index contributed by atoms with van der Waals surface area (Å²) in [6, 6.07) is 0. The van der Waals surface area contributed by atoms with Crippen LogP contribution in [-0.4, -0.2) is 16.3 Å². The minimum absolute atomic E-state index is 0.0278. The molecule has 0 saturated carbocycles. The standard InChI is InChI=1S/CH6N4O/c2-1(3)5(4)6/h6H,4H2,(H3,2,3). The second-order valence-electron chi connectivity index (χ2n) is 0.730. The van der Waals surface area contributed by atoms with Crippen molar-refractivity contribution in [2.45, 2.75) is 0 Å². The molecule has 0 aliphatic rings. The van der Waals surface area contributed by atoms with E-state index in [1.54, 1.807) is 0 Å². The molecule has 0 saturated heterocycles. The Morgan fingerprint density at radius 2 is 2.00 bits per heavy atom. The summed E-state index contributed by atoms with van der Waals surface area (Å²) >= 11 is 0. The molecule has 0 fully saturated rings. The van der Waals surface area contributed by atoms with E-state index >= 15 is 0 Å². The Kier molecular flexibility index (Phi) is 1.37. The molecule has 0 atom stereocenters. The van der Waals surface area contributed by atoms with Crippen molar-refractivity contribution in [2.75, 3.05) is 0 Å². The first kappa shape index (κ1) is 5.19. The van der Waals surface area contributed by atoms with Gasteiger partial charge in [-0.15, -0.1) is 0 Å². The van der Waals surface area contributed by atoms with Gasteiger partial charge < -0.3 is 5.73 Å². The van der Waals surface area contributed by atoms with Gasteiger partial charge in [-0.25, -0.2) is 5.84 Å². The highest BCUT2D eigenvalue weighted by atomic mass is 16.5. The van der Waals surface area contributed by atoms with E-state index in [1.165, 1.54) is 0 Å². The van der Waals surface area contributed by atoms with E-state index in [0.29, 0.717) is 0 Å². The zero-order valence-corrected chi connectivity index (χ0v) is 3.05. The van der Waals surface area contributed by atoms with Crippen LogP contribution in [0.15, 0.2) is 0 Å². The zero-order valence-electron chi connectivity index (χ0n) is 3.05. The van der Waals surface area contributed by atoms with Gasteiger partial charge in [0.25, 0.3) is 0 Å². The van der Waals surface area contributed by atoms with Gasteiger partial charge in [-0.1, -0.05) is 0 Å². The van der Waals surface area contributed by atoms with Crippen molar-refractivity contribution < 1.29 is 5.21 Å². The minimum Gasteiger partial charge on any atom is -0.367 e. The van der Waals surface area contributed by atoms with Crippen molar-refractivity contribution >= 4 is 5.96 Å². The number of nitrogens with one attached hydrogen (secondary N) is 1. The Hall–Kier alpha value is -0.810. The van der Waals surface area contributed by atoms with Crippen LogP contribution in [0.25, 0.3) is 0 Å². The van der Waals surface area contributed by atoms with Gasteiger partial charge in [0.05, 0.1) is 0 Å². The number of guanidine groups is 1. The summed E-state index contributed by atoms with van der Waals surface area (Å²) in [7, 11) is 0. The van der Waals surface area contributed by atoms with Crippen LogP contribution in [0.2, 0.25) is 0 Å². The number of rotatable bonds is 0. The monoisotopic (exact) mass is 90.1 g/mol. The van der Waals surface area contributed by atoms with Crippen molar-refractivity contribution in [1.29, 1.82) is 5.41 Å². The lowest BCUT2D eigenvalue weighted by atomic mass is 11.1. The highest BCUT2D eigenvalue weighted by Gasteiger charge is 1.86. The average Bonchev–Trinajstić information content (AvgIpc) is 1.36. The summed E-state index contributed by atoms with van der Waals surface area (Å²) in [6.07, 6.45) is 0. The minimum atomic E-state index is -0.574. The predicted molar refractivity (Wildman–Crippen MR) is 19.7 cm³/mol. The third-order valence-corrected chi connectivity index (χ3v) is 0.247. The fourth-order valence-corrected chi connectivity index (χ4v) is 0. The van der Waals surface area contributed by atoms with Gasteiger partial charge in [0.15, 0.2) is 0 Å². The summed E-state index contributed by atoms with van der Waals surface area (Å²) in [5, 5.41) is 14.2. The van der Waals surface area contributed by atoms with Crippen LogP contribution >= 0.6 is 0 Å². The van der Waals surface area contributed by atoms with Gasteiger partial charge in [0, 0.05) is 0 Å². The Morgan fingerprint density at radius 3 is 2.00 bits per heavy atom. The van der Waals surface area contributed by atoms with Gasteiger partial charge >= 0.3 is 0 Å². The first-order valence-electron chi connectivity index (χ1n) is 1.22. The van der Waals surface area contributed by atoms with E-state index in [9.17, 15) is 0 Å². The molecule has 0 unspecified atom stereocenters. The van der Waals surface area contributed by atoms with Crippen molar-refractivity contribution in [3.8, 4) is 0 Å². The fourth-order valence-electron chi connectivity index (χ4n) is 0. The molecule has 0 spiro atoms. The molecule has 5 nitrogen and oxygen atoms in total. The van der Waals surface area contributed by atoms with Crippen molar-refractivity contribution in [1.82, 2.24) is 5.17 Å². The summed E-state index contributed by atoms with van der Waals surface area (Å²) < 4.78 is 0. The maximum atomic E-state index is 7.89. The van der Waals surface area contributed by atoms with E-state index in [0.717, 1.165) is 0 Å². The van der Waals surface area contributed by atoms with Crippen molar-refractivity contribution in [3.63, 3.8) is 0 Å². The molecule has 0 aliphatic carbocycles. The highest BCUT2D eigenvalue weighted by molar-refractivity contribution is 5.72. The first-order valence-corrected chi connectivity index (χ1v) is 1.22. The molecule has 0 rings (SSSR count). The predicted octanol–water partition coefficient (Wildman–Crippen LogP) is -1.56. The van der Waals surface area contributed by atoms with Crippen LogP contribution in [0.5, 0.6) is 0 Å². The lowest BCUT2D eigenvalue weighted by Crippen LogP contribution is -2.38. The Balaban J connectivity index is 3.26. The van der Waals surface area contributed by atoms with Gasteiger partial charge in [-0.3, -0.25) is 10.6 Å².